The van der Waals surface area contributed by atoms with Crippen molar-refractivity contribution >= 4 is 11.6 Å². The van der Waals surface area contributed by atoms with Crippen LogP contribution < -0.4 is 5.32 Å². The predicted molar refractivity (Wildman–Crippen MR) is 84.2 cm³/mol. The van der Waals surface area contributed by atoms with Crippen LogP contribution in [0.4, 0.5) is 0 Å². The van der Waals surface area contributed by atoms with Crippen LogP contribution in [0, 0.1) is 0 Å². The minimum absolute atomic E-state index is 0.470. The average Bonchev–Trinajstić information content (AvgIpc) is 2.47. The van der Waals surface area contributed by atoms with Crippen LogP contribution >= 0.6 is 11.6 Å². The molecule has 0 spiro atoms. The van der Waals surface area contributed by atoms with Gasteiger partial charge in [0.25, 0.3) is 0 Å². The quantitative estimate of drug-likeness (QED) is 0.783. The predicted octanol–water partition coefficient (Wildman–Crippen LogP) is 2.93. The number of rotatable bonds is 7. The molecule has 20 heavy (non-hydrogen) atoms. The van der Waals surface area contributed by atoms with Crippen LogP contribution in [0.1, 0.15) is 24.8 Å². The summed E-state index contributed by atoms with van der Waals surface area (Å²) in [5, 5.41) is 4.15. The fourth-order valence-corrected chi connectivity index (χ4v) is 2.65. The zero-order valence-electron chi connectivity index (χ0n) is 12.3. The Bertz CT molecular complexity index is 377. The third-order valence-corrected chi connectivity index (χ3v) is 3.94. The van der Waals surface area contributed by atoms with E-state index in [4.69, 9.17) is 16.3 Å². The second kappa shape index (κ2) is 8.63. The summed E-state index contributed by atoms with van der Waals surface area (Å²) in [4.78, 5) is 2.33. The number of nitrogens with zero attached hydrogens (tertiary/aromatic N) is 1. The van der Waals surface area contributed by atoms with Gasteiger partial charge in [-0.25, -0.2) is 0 Å². The zero-order chi connectivity index (χ0) is 14.2. The van der Waals surface area contributed by atoms with Gasteiger partial charge in [-0.15, -0.1) is 0 Å². The summed E-state index contributed by atoms with van der Waals surface area (Å²) in [6.45, 7) is 5.09. The SMILES string of the molecule is CN(CCCOC1CCNCC1)Cc1ccc(Cl)cc1. The van der Waals surface area contributed by atoms with Crippen LogP contribution in [0.3, 0.4) is 0 Å². The van der Waals surface area contributed by atoms with Gasteiger partial charge in [-0.05, 0) is 57.1 Å². The molecular formula is C16H25ClN2O. The Morgan fingerprint density at radius 1 is 1.25 bits per heavy atom. The van der Waals surface area contributed by atoms with E-state index in [1.807, 2.05) is 12.1 Å². The van der Waals surface area contributed by atoms with E-state index in [0.29, 0.717) is 6.10 Å². The van der Waals surface area contributed by atoms with E-state index in [9.17, 15) is 0 Å². The first kappa shape index (κ1) is 15.8. The Kier molecular flexibility index (Phi) is 6.80. The number of piperidine rings is 1. The second-order valence-electron chi connectivity index (χ2n) is 5.54. The summed E-state index contributed by atoms with van der Waals surface area (Å²) >= 11 is 5.89. The fraction of sp³-hybridized carbons (Fsp3) is 0.625. The van der Waals surface area contributed by atoms with Crippen LogP contribution in [-0.4, -0.2) is 44.3 Å². The third kappa shape index (κ3) is 5.80. The second-order valence-corrected chi connectivity index (χ2v) is 5.97. The fourth-order valence-electron chi connectivity index (χ4n) is 2.53. The van der Waals surface area contributed by atoms with Crippen LogP contribution in [-0.2, 0) is 11.3 Å². The van der Waals surface area contributed by atoms with Gasteiger partial charge >= 0.3 is 0 Å². The molecule has 1 N–H and O–H groups in total. The van der Waals surface area contributed by atoms with Gasteiger partial charge in [0, 0.05) is 24.7 Å². The highest BCUT2D eigenvalue weighted by atomic mass is 35.5. The van der Waals surface area contributed by atoms with E-state index >= 15 is 0 Å². The lowest BCUT2D eigenvalue weighted by atomic mass is 10.1. The van der Waals surface area contributed by atoms with Gasteiger partial charge in [0.2, 0.25) is 0 Å². The maximum Gasteiger partial charge on any atom is 0.0599 e. The molecule has 0 radical (unpaired) electrons. The van der Waals surface area contributed by atoms with Gasteiger partial charge in [-0.2, -0.15) is 0 Å². The summed E-state index contributed by atoms with van der Waals surface area (Å²) in [6.07, 6.45) is 3.87. The molecule has 0 aromatic heterocycles. The van der Waals surface area contributed by atoms with E-state index in [1.165, 1.54) is 5.56 Å². The van der Waals surface area contributed by atoms with E-state index in [1.54, 1.807) is 0 Å². The molecule has 1 aliphatic heterocycles. The molecule has 1 aromatic rings. The van der Waals surface area contributed by atoms with Crippen molar-refractivity contribution in [3.63, 3.8) is 0 Å². The molecule has 0 unspecified atom stereocenters. The molecule has 1 fully saturated rings. The van der Waals surface area contributed by atoms with Gasteiger partial charge < -0.3 is 15.0 Å². The van der Waals surface area contributed by atoms with Crippen LogP contribution in [0.5, 0.6) is 0 Å². The molecule has 112 valence electrons. The molecule has 0 atom stereocenters. The van der Waals surface area contributed by atoms with Crippen molar-refractivity contribution in [2.45, 2.75) is 31.9 Å². The lowest BCUT2D eigenvalue weighted by Gasteiger charge is -2.23. The van der Waals surface area contributed by atoms with Crippen molar-refractivity contribution < 1.29 is 4.74 Å². The van der Waals surface area contributed by atoms with Crippen molar-refractivity contribution in [1.29, 1.82) is 0 Å². The van der Waals surface area contributed by atoms with Crippen molar-refractivity contribution in [3.8, 4) is 0 Å². The highest BCUT2D eigenvalue weighted by molar-refractivity contribution is 6.30. The maximum atomic E-state index is 5.92. The molecule has 0 aliphatic carbocycles. The number of hydrogen-bond acceptors (Lipinski definition) is 3. The molecule has 4 heteroatoms. The number of ether oxygens (including phenoxy) is 1. The third-order valence-electron chi connectivity index (χ3n) is 3.69. The van der Waals surface area contributed by atoms with E-state index in [2.05, 4.69) is 29.4 Å². The van der Waals surface area contributed by atoms with E-state index < -0.39 is 0 Å². The van der Waals surface area contributed by atoms with Crippen molar-refractivity contribution in [2.24, 2.45) is 0 Å². The summed E-state index contributed by atoms with van der Waals surface area (Å²) in [7, 11) is 2.15. The molecule has 0 saturated carbocycles. The number of hydrogen-bond donors (Lipinski definition) is 1. The number of benzene rings is 1. The Labute approximate surface area is 127 Å². The van der Waals surface area contributed by atoms with E-state index in [0.717, 1.165) is 57.1 Å². The van der Waals surface area contributed by atoms with Gasteiger partial charge in [0.15, 0.2) is 0 Å². The van der Waals surface area contributed by atoms with Crippen molar-refractivity contribution in [1.82, 2.24) is 10.2 Å². The first-order chi connectivity index (χ1) is 9.74. The Morgan fingerprint density at radius 2 is 1.95 bits per heavy atom. The number of nitrogens with one attached hydrogen (secondary N) is 1. The Morgan fingerprint density at radius 3 is 2.65 bits per heavy atom. The number of halogens is 1. The average molecular weight is 297 g/mol. The van der Waals surface area contributed by atoms with Gasteiger partial charge in [0.1, 0.15) is 0 Å². The highest BCUT2D eigenvalue weighted by Gasteiger charge is 2.12. The lowest BCUT2D eigenvalue weighted by molar-refractivity contribution is 0.0284. The smallest absolute Gasteiger partial charge is 0.0599 e. The zero-order valence-corrected chi connectivity index (χ0v) is 13.0. The topological polar surface area (TPSA) is 24.5 Å². The molecule has 1 heterocycles. The molecule has 2 rings (SSSR count). The maximum absolute atomic E-state index is 5.92. The summed E-state index contributed by atoms with van der Waals surface area (Å²) < 4.78 is 5.92. The van der Waals surface area contributed by atoms with Crippen LogP contribution in [0.25, 0.3) is 0 Å². The molecule has 0 bridgehead atoms. The largest absolute Gasteiger partial charge is 0.378 e. The minimum atomic E-state index is 0.470. The Balaban J connectivity index is 1.57. The highest BCUT2D eigenvalue weighted by Crippen LogP contribution is 2.11. The standard InChI is InChI=1S/C16H25ClN2O/c1-19(13-14-3-5-15(17)6-4-14)11-2-12-20-16-7-9-18-10-8-16/h3-6,16,18H,2,7-13H2,1H3. The van der Waals surface area contributed by atoms with Crippen LogP contribution in [0.15, 0.2) is 24.3 Å². The minimum Gasteiger partial charge on any atom is -0.378 e. The molecule has 3 nitrogen and oxygen atoms in total. The summed E-state index contributed by atoms with van der Waals surface area (Å²) in [6, 6.07) is 8.07. The first-order valence-corrected chi connectivity index (χ1v) is 7.87. The van der Waals surface area contributed by atoms with E-state index in [-0.39, 0.29) is 0 Å². The Hall–Kier alpha value is -0.610. The molecule has 1 saturated heterocycles. The first-order valence-electron chi connectivity index (χ1n) is 7.49. The van der Waals surface area contributed by atoms with Crippen LogP contribution in [0.2, 0.25) is 5.02 Å². The van der Waals surface area contributed by atoms with Gasteiger partial charge in [-0.3, -0.25) is 0 Å². The normalized spacial score (nSPS) is 16.8. The molecule has 0 amide bonds. The summed E-state index contributed by atoms with van der Waals surface area (Å²) in [5.74, 6) is 0. The van der Waals surface area contributed by atoms with Crippen molar-refractivity contribution in [2.75, 3.05) is 33.3 Å². The monoisotopic (exact) mass is 296 g/mol. The lowest BCUT2D eigenvalue weighted by Crippen LogP contribution is -2.33. The molecule has 1 aliphatic rings. The molecule has 1 aromatic carbocycles. The van der Waals surface area contributed by atoms with Gasteiger partial charge in [0.05, 0.1) is 6.10 Å². The van der Waals surface area contributed by atoms with Gasteiger partial charge in [-0.1, -0.05) is 23.7 Å². The molecular weight excluding hydrogens is 272 g/mol. The summed E-state index contributed by atoms with van der Waals surface area (Å²) in [5.41, 5.74) is 1.30. The van der Waals surface area contributed by atoms with Crippen molar-refractivity contribution in [3.05, 3.63) is 34.9 Å².